The first-order valence-electron chi connectivity index (χ1n) is 5.16. The highest BCUT2D eigenvalue weighted by Gasteiger charge is 2.08. The van der Waals surface area contributed by atoms with E-state index in [1.54, 1.807) is 12.3 Å². The molecular weight excluding hydrogens is 243 g/mol. The molecule has 0 fully saturated rings. The van der Waals surface area contributed by atoms with Gasteiger partial charge in [-0.05, 0) is 25.1 Å². The van der Waals surface area contributed by atoms with Crippen molar-refractivity contribution in [3.8, 4) is 0 Å². The SMILES string of the molecule is CC(N)c1cn(Cc2cc(Cl)ccc2F)nn1. The number of benzene rings is 1. The summed E-state index contributed by atoms with van der Waals surface area (Å²) in [6, 6.07) is 4.23. The van der Waals surface area contributed by atoms with Crippen LogP contribution in [0.1, 0.15) is 24.2 Å². The largest absolute Gasteiger partial charge is 0.323 e. The molecule has 2 N–H and O–H groups in total. The molecule has 2 aromatic rings. The molecule has 1 aromatic carbocycles. The highest BCUT2D eigenvalue weighted by Crippen LogP contribution is 2.16. The molecule has 0 saturated carbocycles. The standard InChI is InChI=1S/C11H12ClFN4/c1-7(14)11-6-17(16-15-11)5-8-4-9(12)2-3-10(8)13/h2-4,6-7H,5,14H2,1H3. The molecule has 0 radical (unpaired) electrons. The maximum atomic E-state index is 13.5. The fourth-order valence-electron chi connectivity index (χ4n) is 1.44. The van der Waals surface area contributed by atoms with Gasteiger partial charge in [0.1, 0.15) is 5.82 Å². The molecule has 90 valence electrons. The van der Waals surface area contributed by atoms with E-state index < -0.39 is 0 Å². The number of aromatic nitrogens is 3. The Bertz CT molecular complexity index is 524. The number of nitrogens with zero attached hydrogens (tertiary/aromatic N) is 3. The first-order chi connectivity index (χ1) is 8.06. The quantitative estimate of drug-likeness (QED) is 0.913. The smallest absolute Gasteiger partial charge is 0.128 e. The Hall–Kier alpha value is -1.46. The first kappa shape index (κ1) is 12.0. The topological polar surface area (TPSA) is 56.7 Å². The van der Waals surface area contributed by atoms with E-state index in [1.807, 2.05) is 6.92 Å². The summed E-state index contributed by atoms with van der Waals surface area (Å²) in [6.45, 7) is 2.10. The van der Waals surface area contributed by atoms with Crippen molar-refractivity contribution in [2.24, 2.45) is 5.73 Å². The summed E-state index contributed by atoms with van der Waals surface area (Å²) in [4.78, 5) is 0. The van der Waals surface area contributed by atoms with E-state index in [4.69, 9.17) is 17.3 Å². The Kier molecular flexibility index (Phi) is 3.40. The normalized spacial score (nSPS) is 12.7. The lowest BCUT2D eigenvalue weighted by Crippen LogP contribution is -2.05. The molecule has 6 heteroatoms. The highest BCUT2D eigenvalue weighted by molar-refractivity contribution is 6.30. The van der Waals surface area contributed by atoms with Crippen molar-refractivity contribution < 1.29 is 4.39 Å². The molecule has 0 saturated heterocycles. The summed E-state index contributed by atoms with van der Waals surface area (Å²) in [6.07, 6.45) is 1.70. The highest BCUT2D eigenvalue weighted by atomic mass is 35.5. The number of hydrogen-bond donors (Lipinski definition) is 1. The van der Waals surface area contributed by atoms with Crippen molar-refractivity contribution in [1.29, 1.82) is 0 Å². The maximum Gasteiger partial charge on any atom is 0.128 e. The molecule has 0 spiro atoms. The fourth-order valence-corrected chi connectivity index (χ4v) is 1.63. The third-order valence-corrected chi connectivity index (χ3v) is 2.60. The summed E-state index contributed by atoms with van der Waals surface area (Å²) in [5.41, 5.74) is 6.81. The van der Waals surface area contributed by atoms with Gasteiger partial charge in [0.2, 0.25) is 0 Å². The molecule has 2 rings (SSSR count). The van der Waals surface area contributed by atoms with Crippen molar-refractivity contribution in [3.05, 3.63) is 46.5 Å². The second-order valence-corrected chi connectivity index (χ2v) is 4.30. The van der Waals surface area contributed by atoms with Crippen LogP contribution in [0, 0.1) is 5.82 Å². The average molecular weight is 255 g/mol. The van der Waals surface area contributed by atoms with Crippen LogP contribution in [0.3, 0.4) is 0 Å². The predicted molar refractivity (Wildman–Crippen MR) is 63.1 cm³/mol. The number of nitrogens with two attached hydrogens (primary N) is 1. The van der Waals surface area contributed by atoms with Gasteiger partial charge in [-0.3, -0.25) is 0 Å². The minimum Gasteiger partial charge on any atom is -0.323 e. The van der Waals surface area contributed by atoms with Gasteiger partial charge >= 0.3 is 0 Å². The molecule has 4 nitrogen and oxygen atoms in total. The van der Waals surface area contributed by atoms with E-state index in [9.17, 15) is 4.39 Å². The third-order valence-electron chi connectivity index (χ3n) is 2.36. The van der Waals surface area contributed by atoms with Crippen molar-refractivity contribution in [2.45, 2.75) is 19.5 Å². The van der Waals surface area contributed by atoms with Crippen LogP contribution in [-0.2, 0) is 6.54 Å². The van der Waals surface area contributed by atoms with Gasteiger partial charge in [-0.25, -0.2) is 9.07 Å². The molecule has 0 aliphatic heterocycles. The molecule has 0 aliphatic rings. The van der Waals surface area contributed by atoms with Crippen LogP contribution in [0.4, 0.5) is 4.39 Å². The van der Waals surface area contributed by atoms with Gasteiger partial charge in [0.25, 0.3) is 0 Å². The fraction of sp³-hybridized carbons (Fsp3) is 0.273. The van der Waals surface area contributed by atoms with Crippen molar-refractivity contribution in [1.82, 2.24) is 15.0 Å². The Labute approximate surface area is 103 Å². The lowest BCUT2D eigenvalue weighted by atomic mass is 10.2. The second-order valence-electron chi connectivity index (χ2n) is 3.87. The van der Waals surface area contributed by atoms with E-state index >= 15 is 0 Å². The van der Waals surface area contributed by atoms with E-state index in [1.165, 1.54) is 16.8 Å². The van der Waals surface area contributed by atoms with Crippen molar-refractivity contribution in [2.75, 3.05) is 0 Å². The van der Waals surface area contributed by atoms with Crippen LogP contribution in [0.25, 0.3) is 0 Å². The molecule has 1 unspecified atom stereocenters. The van der Waals surface area contributed by atoms with Crippen LogP contribution in [0.2, 0.25) is 5.02 Å². The van der Waals surface area contributed by atoms with Gasteiger partial charge in [-0.2, -0.15) is 0 Å². The Morgan fingerprint density at radius 3 is 2.94 bits per heavy atom. The van der Waals surface area contributed by atoms with Gasteiger partial charge in [0, 0.05) is 16.6 Å². The molecular formula is C11H12ClFN4. The summed E-state index contributed by atoms with van der Waals surface area (Å²) in [5.74, 6) is -0.313. The van der Waals surface area contributed by atoms with Gasteiger partial charge in [-0.15, -0.1) is 5.10 Å². The first-order valence-corrected chi connectivity index (χ1v) is 5.53. The lowest BCUT2D eigenvalue weighted by Gasteiger charge is -2.03. The average Bonchev–Trinajstić information content (AvgIpc) is 2.72. The zero-order valence-corrected chi connectivity index (χ0v) is 10.0. The van der Waals surface area contributed by atoms with Gasteiger partial charge in [0.15, 0.2) is 0 Å². The Balaban J connectivity index is 2.22. The molecule has 0 aliphatic carbocycles. The summed E-state index contributed by atoms with van der Waals surface area (Å²) in [7, 11) is 0. The predicted octanol–water partition coefficient (Wildman–Crippen LogP) is 2.14. The Morgan fingerprint density at radius 1 is 1.53 bits per heavy atom. The monoisotopic (exact) mass is 254 g/mol. The number of hydrogen-bond acceptors (Lipinski definition) is 3. The van der Waals surface area contributed by atoms with Crippen molar-refractivity contribution >= 4 is 11.6 Å². The number of halogens is 2. The molecule has 1 aromatic heterocycles. The zero-order valence-electron chi connectivity index (χ0n) is 9.27. The maximum absolute atomic E-state index is 13.5. The molecule has 0 amide bonds. The minimum atomic E-state index is -0.313. The van der Waals surface area contributed by atoms with Gasteiger partial charge in [0.05, 0.1) is 18.4 Å². The third kappa shape index (κ3) is 2.81. The summed E-state index contributed by atoms with van der Waals surface area (Å²) < 4.78 is 15.0. The Morgan fingerprint density at radius 2 is 2.29 bits per heavy atom. The van der Waals surface area contributed by atoms with Crippen LogP contribution < -0.4 is 5.73 Å². The zero-order chi connectivity index (χ0) is 12.4. The van der Waals surface area contributed by atoms with E-state index in [-0.39, 0.29) is 18.4 Å². The van der Waals surface area contributed by atoms with Crippen LogP contribution >= 0.6 is 11.6 Å². The summed E-state index contributed by atoms with van der Waals surface area (Å²) in [5, 5.41) is 8.27. The minimum absolute atomic E-state index is 0.187. The lowest BCUT2D eigenvalue weighted by molar-refractivity contribution is 0.577. The van der Waals surface area contributed by atoms with Crippen LogP contribution in [0.5, 0.6) is 0 Å². The van der Waals surface area contributed by atoms with Gasteiger partial charge < -0.3 is 5.73 Å². The van der Waals surface area contributed by atoms with Crippen LogP contribution in [-0.4, -0.2) is 15.0 Å². The van der Waals surface area contributed by atoms with Crippen molar-refractivity contribution in [3.63, 3.8) is 0 Å². The molecule has 0 bridgehead atoms. The van der Waals surface area contributed by atoms with E-state index in [0.29, 0.717) is 16.3 Å². The molecule has 1 atom stereocenters. The van der Waals surface area contributed by atoms with Crippen LogP contribution in [0.15, 0.2) is 24.4 Å². The summed E-state index contributed by atoms with van der Waals surface area (Å²) >= 11 is 5.81. The van der Waals surface area contributed by atoms with Gasteiger partial charge in [-0.1, -0.05) is 16.8 Å². The molecule has 17 heavy (non-hydrogen) atoms. The number of rotatable bonds is 3. The van der Waals surface area contributed by atoms with E-state index in [2.05, 4.69) is 10.3 Å². The van der Waals surface area contributed by atoms with E-state index in [0.717, 1.165) is 0 Å². The second kappa shape index (κ2) is 4.81. The molecule has 1 heterocycles.